The summed E-state index contributed by atoms with van der Waals surface area (Å²) < 4.78 is 6.91. The highest BCUT2D eigenvalue weighted by molar-refractivity contribution is 6.30. The summed E-state index contributed by atoms with van der Waals surface area (Å²) in [6, 6.07) is 1.95. The smallest absolute Gasteiger partial charge is 0.305 e. The molecule has 0 fully saturated rings. The Balaban J connectivity index is 2.56. The molecule has 0 bridgehead atoms. The predicted molar refractivity (Wildman–Crippen MR) is 93.7 cm³/mol. The van der Waals surface area contributed by atoms with Crippen LogP contribution in [0.1, 0.15) is 32.4 Å². The Kier molecular flexibility index (Phi) is 8.55. The minimum Gasteiger partial charge on any atom is -0.466 e. The fourth-order valence-corrected chi connectivity index (χ4v) is 2.42. The zero-order valence-corrected chi connectivity index (χ0v) is 15.2. The van der Waals surface area contributed by atoms with E-state index in [2.05, 4.69) is 10.3 Å². The Bertz CT molecular complexity index is 528. The number of aromatic nitrogens is 1. The average molecular weight is 343 g/mol. The quantitative estimate of drug-likeness (QED) is 0.341. The number of nitrogens with zero attached hydrogens (tertiary/aromatic N) is 3. The zero-order valence-electron chi connectivity index (χ0n) is 14.4. The molecule has 0 unspecified atom stereocenters. The van der Waals surface area contributed by atoms with Crippen molar-refractivity contribution >= 4 is 23.5 Å². The van der Waals surface area contributed by atoms with Gasteiger partial charge in [-0.15, -0.1) is 0 Å². The Labute approximate surface area is 143 Å². The summed E-state index contributed by atoms with van der Waals surface area (Å²) in [7, 11) is 3.95. The van der Waals surface area contributed by atoms with E-state index in [1.807, 2.05) is 49.7 Å². The molecule has 1 aromatic rings. The van der Waals surface area contributed by atoms with Crippen LogP contribution in [-0.2, 0) is 23.1 Å². The van der Waals surface area contributed by atoms with Crippen LogP contribution >= 0.6 is 11.6 Å². The number of carbonyl (C=O) groups is 1. The van der Waals surface area contributed by atoms with Crippen LogP contribution in [0.25, 0.3) is 0 Å². The summed E-state index contributed by atoms with van der Waals surface area (Å²) in [5.74, 6) is 0.646. The minimum atomic E-state index is -0.167. The van der Waals surface area contributed by atoms with Gasteiger partial charge < -0.3 is 19.5 Å². The summed E-state index contributed by atoms with van der Waals surface area (Å²) in [6.07, 6.45) is 2.96. The number of aryl methyl sites for hydroxylation is 1. The summed E-state index contributed by atoms with van der Waals surface area (Å²) in [6.45, 7) is 6.33. The van der Waals surface area contributed by atoms with Crippen molar-refractivity contribution in [2.75, 3.05) is 26.7 Å². The van der Waals surface area contributed by atoms with Crippen molar-refractivity contribution in [2.45, 2.75) is 33.2 Å². The molecule has 0 saturated carbocycles. The van der Waals surface area contributed by atoms with Gasteiger partial charge in [-0.1, -0.05) is 11.6 Å². The van der Waals surface area contributed by atoms with Gasteiger partial charge in [-0.3, -0.25) is 9.79 Å². The molecule has 7 heteroatoms. The molecule has 0 aliphatic carbocycles. The largest absolute Gasteiger partial charge is 0.466 e. The number of hydrogen-bond acceptors (Lipinski definition) is 3. The highest BCUT2D eigenvalue weighted by Crippen LogP contribution is 2.14. The van der Waals surface area contributed by atoms with E-state index < -0.39 is 0 Å². The number of aliphatic imine (C=N–C) groups is 1. The Morgan fingerprint density at radius 3 is 2.78 bits per heavy atom. The number of guanidine groups is 1. The molecule has 0 aromatic carbocycles. The zero-order chi connectivity index (χ0) is 17.2. The number of esters is 1. The Morgan fingerprint density at radius 2 is 2.22 bits per heavy atom. The van der Waals surface area contributed by atoms with Gasteiger partial charge in [-0.05, 0) is 26.3 Å². The van der Waals surface area contributed by atoms with Crippen LogP contribution in [0.4, 0.5) is 0 Å². The summed E-state index contributed by atoms with van der Waals surface area (Å²) in [5, 5.41) is 3.99. The molecular weight excluding hydrogens is 316 g/mol. The Hall–Kier alpha value is -1.69. The first-order chi connectivity index (χ1) is 11.0. The number of nitrogens with one attached hydrogen (secondary N) is 1. The number of carbonyl (C=O) groups excluding carboxylic acids is 1. The van der Waals surface area contributed by atoms with Crippen LogP contribution < -0.4 is 5.32 Å². The lowest BCUT2D eigenvalue weighted by atomic mass is 10.3. The van der Waals surface area contributed by atoms with Gasteiger partial charge in [0.2, 0.25) is 0 Å². The van der Waals surface area contributed by atoms with Crippen LogP contribution in [-0.4, -0.2) is 48.1 Å². The molecule has 6 nitrogen and oxygen atoms in total. The number of rotatable bonds is 8. The summed E-state index contributed by atoms with van der Waals surface area (Å²) in [5.41, 5.74) is 1.11. The van der Waals surface area contributed by atoms with E-state index in [-0.39, 0.29) is 5.97 Å². The summed E-state index contributed by atoms with van der Waals surface area (Å²) >= 11 is 6.02. The van der Waals surface area contributed by atoms with Crippen LogP contribution in [0.5, 0.6) is 0 Å². The molecule has 0 atom stereocenters. The second-order valence-electron chi connectivity index (χ2n) is 5.26. The molecule has 0 aliphatic rings. The van der Waals surface area contributed by atoms with Crippen molar-refractivity contribution in [3.8, 4) is 0 Å². The van der Waals surface area contributed by atoms with Gasteiger partial charge in [-0.2, -0.15) is 0 Å². The lowest BCUT2D eigenvalue weighted by molar-refractivity contribution is -0.143. The van der Waals surface area contributed by atoms with Crippen molar-refractivity contribution in [3.05, 3.63) is 23.0 Å². The maximum atomic E-state index is 11.3. The van der Waals surface area contributed by atoms with Crippen molar-refractivity contribution in [2.24, 2.45) is 12.0 Å². The molecule has 1 aromatic heterocycles. The van der Waals surface area contributed by atoms with E-state index in [4.69, 9.17) is 16.3 Å². The number of halogens is 1. The van der Waals surface area contributed by atoms with Crippen molar-refractivity contribution < 1.29 is 9.53 Å². The van der Waals surface area contributed by atoms with Crippen LogP contribution in [0.2, 0.25) is 5.02 Å². The van der Waals surface area contributed by atoms with Gasteiger partial charge >= 0.3 is 5.97 Å². The van der Waals surface area contributed by atoms with Crippen LogP contribution in [0, 0.1) is 0 Å². The molecule has 130 valence electrons. The van der Waals surface area contributed by atoms with Gasteiger partial charge in [0.1, 0.15) is 0 Å². The maximum absolute atomic E-state index is 11.3. The van der Waals surface area contributed by atoms with E-state index in [9.17, 15) is 4.79 Å². The molecule has 1 rings (SSSR count). The van der Waals surface area contributed by atoms with Crippen LogP contribution in [0.3, 0.4) is 0 Å². The first-order valence-corrected chi connectivity index (χ1v) is 8.31. The van der Waals surface area contributed by atoms with E-state index in [1.165, 1.54) is 0 Å². The van der Waals surface area contributed by atoms with E-state index in [0.29, 0.717) is 32.5 Å². The first kappa shape index (κ1) is 19.4. The second kappa shape index (κ2) is 10.2. The van der Waals surface area contributed by atoms with Crippen molar-refractivity contribution in [3.63, 3.8) is 0 Å². The first-order valence-electron chi connectivity index (χ1n) is 7.93. The molecular formula is C16H27ClN4O2. The number of ether oxygens (including phenoxy) is 1. The van der Waals surface area contributed by atoms with E-state index in [0.717, 1.165) is 23.2 Å². The third kappa shape index (κ3) is 6.95. The Morgan fingerprint density at radius 1 is 1.48 bits per heavy atom. The van der Waals surface area contributed by atoms with Crippen LogP contribution in [0.15, 0.2) is 17.3 Å². The molecule has 0 aliphatic heterocycles. The van der Waals surface area contributed by atoms with Gasteiger partial charge in [0, 0.05) is 45.5 Å². The average Bonchev–Trinajstić information content (AvgIpc) is 2.80. The molecule has 0 radical (unpaired) electrons. The predicted octanol–water partition coefficient (Wildman–Crippen LogP) is 2.42. The monoisotopic (exact) mass is 342 g/mol. The van der Waals surface area contributed by atoms with Crippen molar-refractivity contribution in [1.82, 2.24) is 14.8 Å². The topological polar surface area (TPSA) is 58.9 Å². The van der Waals surface area contributed by atoms with Crippen molar-refractivity contribution in [1.29, 1.82) is 0 Å². The minimum absolute atomic E-state index is 0.167. The fraction of sp³-hybridized carbons (Fsp3) is 0.625. The normalized spacial score (nSPS) is 11.4. The molecule has 23 heavy (non-hydrogen) atoms. The summed E-state index contributed by atoms with van der Waals surface area (Å²) in [4.78, 5) is 17.9. The van der Waals surface area contributed by atoms with Gasteiger partial charge in [0.25, 0.3) is 0 Å². The number of hydrogen-bond donors (Lipinski definition) is 1. The fourth-order valence-electron chi connectivity index (χ4n) is 2.15. The molecule has 0 amide bonds. The third-order valence-corrected chi connectivity index (χ3v) is 3.48. The molecule has 1 N–H and O–H groups in total. The highest BCUT2D eigenvalue weighted by Gasteiger charge is 2.09. The second-order valence-corrected chi connectivity index (χ2v) is 5.70. The van der Waals surface area contributed by atoms with Gasteiger partial charge in [0.05, 0.1) is 18.2 Å². The third-order valence-electron chi connectivity index (χ3n) is 3.28. The molecule has 1 heterocycles. The SMILES string of the molecule is CCNC(=NCCCC(=O)OCC)N(C)Cc1cc(Cl)cn1C. The van der Waals surface area contributed by atoms with Gasteiger partial charge in [-0.25, -0.2) is 0 Å². The van der Waals surface area contributed by atoms with E-state index >= 15 is 0 Å². The highest BCUT2D eigenvalue weighted by atomic mass is 35.5. The molecule has 0 saturated heterocycles. The van der Waals surface area contributed by atoms with Gasteiger partial charge in [0.15, 0.2) is 5.96 Å². The lowest BCUT2D eigenvalue weighted by Gasteiger charge is -2.22. The lowest BCUT2D eigenvalue weighted by Crippen LogP contribution is -2.38. The molecule has 0 spiro atoms. The maximum Gasteiger partial charge on any atom is 0.305 e. The standard InChI is InChI=1S/C16H27ClN4O2/c1-5-18-16(19-9-7-8-15(22)23-6-2)21(4)12-14-10-13(17)11-20(14)3/h10-11H,5-9,12H2,1-4H3,(H,18,19). The van der Waals surface area contributed by atoms with E-state index in [1.54, 1.807) is 0 Å².